The van der Waals surface area contributed by atoms with Crippen molar-refractivity contribution in [1.82, 2.24) is 10.2 Å². The van der Waals surface area contributed by atoms with Gasteiger partial charge in [0.2, 0.25) is 19.3 Å². The number of methoxy groups -OCH3 is 1. The number of sulfone groups is 1. The van der Waals surface area contributed by atoms with Gasteiger partial charge in [-0.2, -0.15) is 13.7 Å². The normalized spacial score (nSPS) is 12.1. The first-order chi connectivity index (χ1) is 13.4. The second-order valence-corrected chi connectivity index (χ2v) is 10.2. The molecule has 0 fully saturated rings. The average molecular weight is 458 g/mol. The quantitative estimate of drug-likeness (QED) is 0.272. The van der Waals surface area contributed by atoms with Gasteiger partial charge in [-0.3, -0.25) is 10.1 Å². The summed E-state index contributed by atoms with van der Waals surface area (Å²) in [5.74, 6) is -0.819. The number of ether oxygens (including phenoxy) is 1. The van der Waals surface area contributed by atoms with Crippen LogP contribution < -0.4 is 14.2 Å². The summed E-state index contributed by atoms with van der Waals surface area (Å²) >= 11 is 0.643. The molecule has 0 aliphatic carbocycles. The molecule has 1 aromatic carbocycles. The van der Waals surface area contributed by atoms with Crippen LogP contribution in [0.3, 0.4) is 0 Å². The van der Waals surface area contributed by atoms with E-state index >= 15 is 0 Å². The number of rotatable bonds is 7. The number of nitriles is 1. The molecule has 0 aliphatic heterocycles. The van der Waals surface area contributed by atoms with Gasteiger partial charge < -0.3 is 8.92 Å². The highest BCUT2D eigenvalue weighted by Crippen LogP contribution is 2.30. The number of nitrogens with zero attached hydrogens (tertiary/aromatic N) is 3. The molecular weight excluding hydrogens is 444 g/mol. The van der Waals surface area contributed by atoms with Crippen LogP contribution in [0, 0.1) is 11.3 Å². The summed E-state index contributed by atoms with van der Waals surface area (Å²) in [6, 6.07) is 5.81. The lowest BCUT2D eigenvalue weighted by atomic mass is 10.1. The monoisotopic (exact) mass is 458 g/mol. The minimum Gasteiger partial charge on any atom is -0.493 e. The Morgan fingerprint density at radius 2 is 1.90 bits per heavy atom. The van der Waals surface area contributed by atoms with Gasteiger partial charge >= 0.3 is 10.1 Å². The Morgan fingerprint density at radius 1 is 1.21 bits per heavy atom. The minimum atomic E-state index is -3.77. The van der Waals surface area contributed by atoms with Crippen LogP contribution in [0.15, 0.2) is 28.1 Å². The number of hydrogen-bond acceptors (Lipinski definition) is 11. The third-order valence-corrected chi connectivity index (χ3v) is 6.04. The van der Waals surface area contributed by atoms with E-state index in [1.807, 2.05) is 0 Å². The lowest BCUT2D eigenvalue weighted by Crippen LogP contribution is -2.13. The lowest BCUT2D eigenvalue weighted by molar-refractivity contribution is -0.112. The molecule has 154 valence electrons. The summed E-state index contributed by atoms with van der Waals surface area (Å²) in [6.07, 6.45) is 3.05. The number of hydrogen-bond donors (Lipinski definition) is 1. The number of anilines is 1. The zero-order valence-electron chi connectivity index (χ0n) is 15.2. The second-order valence-electron chi connectivity index (χ2n) is 5.47. The zero-order chi connectivity index (χ0) is 21.8. The van der Waals surface area contributed by atoms with Crippen molar-refractivity contribution >= 4 is 48.4 Å². The fourth-order valence-corrected chi connectivity index (χ4v) is 3.86. The number of carbonyl (C=O) groups excluding carboxylic acids is 1. The third-order valence-electron chi connectivity index (χ3n) is 3.05. The summed E-state index contributed by atoms with van der Waals surface area (Å²) in [7, 11) is -6.05. The third kappa shape index (κ3) is 6.24. The van der Waals surface area contributed by atoms with E-state index in [1.54, 1.807) is 6.07 Å². The highest BCUT2D eigenvalue weighted by Gasteiger charge is 2.18. The van der Waals surface area contributed by atoms with Gasteiger partial charge in [0.1, 0.15) is 11.6 Å². The first-order valence-corrected chi connectivity index (χ1v) is 12.0. The summed E-state index contributed by atoms with van der Waals surface area (Å²) in [5.41, 5.74) is 0.0310. The molecule has 1 N–H and O–H groups in total. The van der Waals surface area contributed by atoms with Crippen LogP contribution in [-0.2, 0) is 24.7 Å². The van der Waals surface area contributed by atoms with E-state index in [2.05, 4.69) is 15.5 Å². The molecule has 1 heterocycles. The summed E-state index contributed by atoms with van der Waals surface area (Å²) in [4.78, 5) is 12.3. The maximum absolute atomic E-state index is 12.3. The lowest BCUT2D eigenvalue weighted by Gasteiger charge is -2.09. The van der Waals surface area contributed by atoms with E-state index in [9.17, 15) is 26.9 Å². The van der Waals surface area contributed by atoms with Crippen molar-refractivity contribution in [2.24, 2.45) is 0 Å². The van der Waals surface area contributed by atoms with E-state index in [4.69, 9.17) is 8.92 Å². The van der Waals surface area contributed by atoms with Crippen LogP contribution in [0.25, 0.3) is 6.08 Å². The molecule has 0 saturated carbocycles. The largest absolute Gasteiger partial charge is 0.493 e. The van der Waals surface area contributed by atoms with Crippen molar-refractivity contribution in [3.63, 3.8) is 0 Å². The molecule has 0 spiro atoms. The SMILES string of the molecule is COc1cc(C=C(C#N)C(=O)Nc2nnc(S(C)(=O)=O)s2)ccc1OS(C)(=O)=O. The van der Waals surface area contributed by atoms with Crippen LogP contribution in [0.1, 0.15) is 5.56 Å². The molecule has 0 saturated heterocycles. The molecule has 11 nitrogen and oxygen atoms in total. The van der Waals surface area contributed by atoms with Gasteiger partial charge in [-0.05, 0) is 23.8 Å². The Balaban J connectivity index is 2.28. The smallest absolute Gasteiger partial charge is 0.306 e. The molecule has 2 aromatic rings. The van der Waals surface area contributed by atoms with Crippen molar-refractivity contribution < 1.29 is 30.6 Å². The highest BCUT2D eigenvalue weighted by molar-refractivity contribution is 7.92. The van der Waals surface area contributed by atoms with Gasteiger partial charge in [-0.1, -0.05) is 17.4 Å². The molecule has 0 atom stereocenters. The molecule has 0 radical (unpaired) electrons. The van der Waals surface area contributed by atoms with Crippen LogP contribution in [0.4, 0.5) is 5.13 Å². The Morgan fingerprint density at radius 3 is 2.41 bits per heavy atom. The molecule has 1 aromatic heterocycles. The van der Waals surface area contributed by atoms with E-state index in [1.165, 1.54) is 31.4 Å². The van der Waals surface area contributed by atoms with Gasteiger partial charge in [-0.15, -0.1) is 10.2 Å². The van der Waals surface area contributed by atoms with Crippen LogP contribution >= 0.6 is 11.3 Å². The first kappa shape index (κ1) is 22.3. The highest BCUT2D eigenvalue weighted by atomic mass is 32.2. The molecule has 14 heteroatoms. The number of aromatic nitrogens is 2. The molecule has 29 heavy (non-hydrogen) atoms. The predicted molar refractivity (Wildman–Crippen MR) is 104 cm³/mol. The second kappa shape index (κ2) is 8.55. The van der Waals surface area contributed by atoms with E-state index in [0.717, 1.165) is 12.5 Å². The van der Waals surface area contributed by atoms with Crippen molar-refractivity contribution in [1.29, 1.82) is 5.26 Å². The van der Waals surface area contributed by atoms with E-state index in [-0.39, 0.29) is 26.5 Å². The molecule has 0 aliphatic rings. The predicted octanol–water partition coefficient (Wildman–Crippen LogP) is 0.834. The maximum Gasteiger partial charge on any atom is 0.306 e. The Labute approximate surface area is 170 Å². The van der Waals surface area contributed by atoms with Gasteiger partial charge in [0.25, 0.3) is 5.91 Å². The molecule has 2 rings (SSSR count). The number of benzene rings is 1. The zero-order valence-corrected chi connectivity index (χ0v) is 17.7. The van der Waals surface area contributed by atoms with Crippen LogP contribution in [-0.4, -0.2) is 52.6 Å². The molecule has 0 bridgehead atoms. The summed E-state index contributed by atoms with van der Waals surface area (Å²) in [6.45, 7) is 0. The molecule has 1 amide bonds. The fourth-order valence-electron chi connectivity index (χ4n) is 1.90. The maximum atomic E-state index is 12.3. The first-order valence-electron chi connectivity index (χ1n) is 7.47. The number of carbonyl (C=O) groups is 1. The average Bonchev–Trinajstić information content (AvgIpc) is 3.08. The van der Waals surface area contributed by atoms with Crippen molar-refractivity contribution in [2.45, 2.75) is 4.34 Å². The number of amides is 1. The van der Waals surface area contributed by atoms with Gasteiger partial charge in [0, 0.05) is 6.26 Å². The molecule has 0 unspecified atom stereocenters. The van der Waals surface area contributed by atoms with Gasteiger partial charge in [0.05, 0.1) is 13.4 Å². The molecular formula is C15H14N4O7S3. The van der Waals surface area contributed by atoms with Gasteiger partial charge in [0.15, 0.2) is 11.5 Å². The minimum absolute atomic E-state index is 0.0581. The Hall–Kier alpha value is -3.02. The summed E-state index contributed by atoms with van der Waals surface area (Å²) < 4.78 is 54.9. The van der Waals surface area contributed by atoms with Crippen molar-refractivity contribution in [3.05, 3.63) is 29.3 Å². The standard InChI is InChI=1S/C15H14N4O7S3/c1-25-12-7-9(4-5-11(12)26-29(3,23)24)6-10(8-16)13(20)17-14-18-19-15(27-14)28(2,21)22/h4-7H,1-3H3,(H,17,18,20). The van der Waals surface area contributed by atoms with Crippen LogP contribution in [0.5, 0.6) is 11.5 Å². The fraction of sp³-hybridized carbons (Fsp3) is 0.200. The van der Waals surface area contributed by atoms with Crippen LogP contribution in [0.2, 0.25) is 0 Å². The number of nitrogens with one attached hydrogen (secondary N) is 1. The van der Waals surface area contributed by atoms with E-state index < -0.39 is 25.9 Å². The Kier molecular flexibility index (Phi) is 6.57. The van der Waals surface area contributed by atoms with Gasteiger partial charge in [-0.25, -0.2) is 8.42 Å². The van der Waals surface area contributed by atoms with Crippen molar-refractivity contribution in [3.8, 4) is 17.6 Å². The Bertz CT molecular complexity index is 1220. The summed E-state index contributed by atoms with van der Waals surface area (Å²) in [5, 5.41) is 18.5. The topological polar surface area (TPSA) is 165 Å². The van der Waals surface area contributed by atoms with Crippen molar-refractivity contribution in [2.75, 3.05) is 24.9 Å². The van der Waals surface area contributed by atoms with E-state index in [0.29, 0.717) is 16.9 Å².